The van der Waals surface area contributed by atoms with Gasteiger partial charge in [-0.1, -0.05) is 23.8 Å². The molecule has 7 nitrogen and oxygen atoms in total. The van der Waals surface area contributed by atoms with E-state index in [4.69, 9.17) is 0 Å². The lowest BCUT2D eigenvalue weighted by Gasteiger charge is -2.21. The quantitative estimate of drug-likeness (QED) is 0.516. The number of H-pyrrole nitrogens is 1. The van der Waals surface area contributed by atoms with E-state index in [9.17, 15) is 8.42 Å². The molecule has 160 valence electrons. The van der Waals surface area contributed by atoms with Crippen LogP contribution in [0.3, 0.4) is 0 Å². The smallest absolute Gasteiger partial charge is 0.243 e. The van der Waals surface area contributed by atoms with Crippen molar-refractivity contribution in [2.45, 2.75) is 37.8 Å². The molecule has 1 fully saturated rings. The lowest BCUT2D eigenvalue weighted by atomic mass is 10.1. The summed E-state index contributed by atoms with van der Waals surface area (Å²) in [6.45, 7) is 5.15. The van der Waals surface area contributed by atoms with E-state index in [1.54, 1.807) is 22.6 Å². The molecule has 0 saturated carbocycles. The average molecular weight is 436 g/mol. The van der Waals surface area contributed by atoms with Crippen LogP contribution in [0, 0.1) is 12.8 Å². The Morgan fingerprint density at radius 3 is 2.65 bits per heavy atom. The zero-order valence-electron chi connectivity index (χ0n) is 17.6. The molecule has 0 aliphatic carbocycles. The van der Waals surface area contributed by atoms with Crippen LogP contribution in [0.1, 0.15) is 18.9 Å². The van der Waals surface area contributed by atoms with Crippen molar-refractivity contribution in [3.63, 3.8) is 0 Å². The van der Waals surface area contributed by atoms with Crippen molar-refractivity contribution in [2.75, 3.05) is 6.54 Å². The monoisotopic (exact) mass is 435 g/mol. The predicted octanol–water partition coefficient (Wildman–Crippen LogP) is 3.83. The summed E-state index contributed by atoms with van der Waals surface area (Å²) >= 11 is 0. The van der Waals surface area contributed by atoms with Crippen LogP contribution >= 0.6 is 0 Å². The first kappa shape index (κ1) is 20.0. The minimum atomic E-state index is -3.49. The summed E-state index contributed by atoms with van der Waals surface area (Å²) in [6.07, 6.45) is 6.36. The number of aryl methyl sites for hydroxylation is 1. The molecule has 5 rings (SSSR count). The van der Waals surface area contributed by atoms with E-state index in [-0.39, 0.29) is 12.0 Å². The molecule has 0 amide bonds. The van der Waals surface area contributed by atoms with Crippen molar-refractivity contribution < 1.29 is 8.42 Å². The van der Waals surface area contributed by atoms with Gasteiger partial charge >= 0.3 is 0 Å². The van der Waals surface area contributed by atoms with Gasteiger partial charge in [-0.3, -0.25) is 9.78 Å². The summed E-state index contributed by atoms with van der Waals surface area (Å²) in [6, 6.07) is 13.3. The van der Waals surface area contributed by atoms with Crippen LogP contribution in [0.25, 0.3) is 22.0 Å². The number of sulfonamides is 1. The Morgan fingerprint density at radius 2 is 1.90 bits per heavy atom. The Balaban J connectivity index is 1.35. The summed E-state index contributed by atoms with van der Waals surface area (Å²) in [4.78, 5) is 0.363. The second kappa shape index (κ2) is 7.62. The highest BCUT2D eigenvalue weighted by atomic mass is 32.2. The highest BCUT2D eigenvalue weighted by Gasteiger charge is 2.38. The molecule has 3 heterocycles. The van der Waals surface area contributed by atoms with Gasteiger partial charge in [-0.2, -0.15) is 14.5 Å². The fourth-order valence-corrected chi connectivity index (χ4v) is 6.21. The first-order valence-electron chi connectivity index (χ1n) is 10.4. The highest BCUT2D eigenvalue weighted by molar-refractivity contribution is 7.89. The number of nitrogens with zero attached hydrogens (tertiary/aromatic N) is 4. The number of rotatable bonds is 5. The summed E-state index contributed by atoms with van der Waals surface area (Å²) in [5.41, 5.74) is 4.23. The molecule has 31 heavy (non-hydrogen) atoms. The maximum absolute atomic E-state index is 13.2. The van der Waals surface area contributed by atoms with Crippen LogP contribution in [0.4, 0.5) is 0 Å². The van der Waals surface area contributed by atoms with Crippen molar-refractivity contribution in [2.24, 2.45) is 5.92 Å². The number of aromatic nitrogens is 4. The summed E-state index contributed by atoms with van der Waals surface area (Å²) in [7, 11) is -3.49. The van der Waals surface area contributed by atoms with Gasteiger partial charge in [0.15, 0.2) is 0 Å². The van der Waals surface area contributed by atoms with Crippen molar-refractivity contribution >= 4 is 20.9 Å². The van der Waals surface area contributed by atoms with Crippen molar-refractivity contribution in [3.8, 4) is 11.1 Å². The second-order valence-electron chi connectivity index (χ2n) is 8.43. The van der Waals surface area contributed by atoms with Crippen LogP contribution in [0.15, 0.2) is 66.0 Å². The third-order valence-corrected chi connectivity index (χ3v) is 8.13. The van der Waals surface area contributed by atoms with Crippen LogP contribution < -0.4 is 0 Å². The SMILES string of the molecule is Cc1ccc(S(=O)(=O)N2C[C@@H](Cn3ncc4cc(-c5cn[nH]c5)ccc43)C[C@H]2C)cc1. The van der Waals surface area contributed by atoms with E-state index < -0.39 is 10.0 Å². The van der Waals surface area contributed by atoms with E-state index in [1.807, 2.05) is 43.1 Å². The molecule has 1 aliphatic rings. The molecular formula is C23H25N5O2S. The van der Waals surface area contributed by atoms with E-state index in [0.29, 0.717) is 18.0 Å². The van der Waals surface area contributed by atoms with Crippen molar-refractivity contribution in [1.29, 1.82) is 0 Å². The molecular weight excluding hydrogens is 410 g/mol. The maximum atomic E-state index is 13.2. The number of hydrogen-bond acceptors (Lipinski definition) is 4. The standard InChI is InChI=1S/C23H25N5O2S/c1-16-3-6-22(7-4-16)31(29,30)28-15-18(9-17(28)2)14-27-23-8-5-19(10-20(23)13-26-27)21-11-24-25-12-21/h3-8,10-13,17-18H,9,14-15H2,1-2H3,(H,24,25)/t17-,18-/m1/s1. The van der Waals surface area contributed by atoms with Crippen LogP contribution in [0.5, 0.6) is 0 Å². The molecule has 2 atom stereocenters. The molecule has 2 aromatic carbocycles. The Labute approximate surface area is 181 Å². The normalized spacial score (nSPS) is 19.9. The fourth-order valence-electron chi connectivity index (χ4n) is 4.49. The van der Waals surface area contributed by atoms with Gasteiger partial charge in [0, 0.05) is 36.3 Å². The van der Waals surface area contributed by atoms with Crippen LogP contribution in [-0.2, 0) is 16.6 Å². The number of hydrogen-bond donors (Lipinski definition) is 1. The first-order valence-corrected chi connectivity index (χ1v) is 11.9. The Bertz CT molecular complexity index is 1310. The predicted molar refractivity (Wildman–Crippen MR) is 120 cm³/mol. The summed E-state index contributed by atoms with van der Waals surface area (Å²) < 4.78 is 30.0. The lowest BCUT2D eigenvalue weighted by molar-refractivity contribution is 0.396. The van der Waals surface area contributed by atoms with Gasteiger partial charge in [0.2, 0.25) is 10.0 Å². The Morgan fingerprint density at radius 1 is 1.10 bits per heavy atom. The first-order chi connectivity index (χ1) is 14.9. The summed E-state index contributed by atoms with van der Waals surface area (Å²) in [5.74, 6) is 0.215. The van der Waals surface area contributed by atoms with Gasteiger partial charge in [0.05, 0.1) is 22.8 Å². The van der Waals surface area contributed by atoms with Crippen LogP contribution in [0.2, 0.25) is 0 Å². The number of benzene rings is 2. The third-order valence-electron chi connectivity index (χ3n) is 6.14. The van der Waals surface area contributed by atoms with Crippen molar-refractivity contribution in [1.82, 2.24) is 24.3 Å². The number of aromatic amines is 1. The van der Waals surface area contributed by atoms with E-state index in [1.165, 1.54) is 0 Å². The van der Waals surface area contributed by atoms with Gasteiger partial charge in [0.25, 0.3) is 0 Å². The average Bonchev–Trinajstić information content (AvgIpc) is 3.49. The third kappa shape index (κ3) is 3.66. The van der Waals surface area contributed by atoms with Gasteiger partial charge in [-0.25, -0.2) is 8.42 Å². The van der Waals surface area contributed by atoms with Crippen LogP contribution in [-0.4, -0.2) is 45.3 Å². The van der Waals surface area contributed by atoms with E-state index in [0.717, 1.165) is 34.0 Å². The van der Waals surface area contributed by atoms with E-state index >= 15 is 0 Å². The second-order valence-corrected chi connectivity index (χ2v) is 10.3. The molecule has 0 spiro atoms. The van der Waals surface area contributed by atoms with Gasteiger partial charge in [0.1, 0.15) is 0 Å². The van der Waals surface area contributed by atoms with Gasteiger partial charge < -0.3 is 0 Å². The fraction of sp³-hybridized carbons (Fsp3) is 0.304. The number of nitrogens with one attached hydrogen (secondary N) is 1. The van der Waals surface area contributed by atoms with Crippen molar-refractivity contribution in [3.05, 3.63) is 66.6 Å². The topological polar surface area (TPSA) is 83.9 Å². The molecule has 1 aliphatic heterocycles. The zero-order valence-corrected chi connectivity index (χ0v) is 18.4. The van der Waals surface area contributed by atoms with Gasteiger partial charge in [-0.05, 0) is 56.0 Å². The Kier molecular flexibility index (Phi) is 4.91. The molecule has 1 N–H and O–H groups in total. The molecule has 0 unspecified atom stereocenters. The van der Waals surface area contributed by atoms with Gasteiger partial charge in [-0.15, -0.1) is 0 Å². The highest BCUT2D eigenvalue weighted by Crippen LogP contribution is 2.31. The lowest BCUT2D eigenvalue weighted by Crippen LogP contribution is -2.34. The summed E-state index contributed by atoms with van der Waals surface area (Å²) in [5, 5.41) is 12.5. The maximum Gasteiger partial charge on any atom is 0.243 e. The Hall–Kier alpha value is -2.97. The minimum Gasteiger partial charge on any atom is -0.285 e. The molecule has 0 radical (unpaired) electrons. The molecule has 0 bridgehead atoms. The number of fused-ring (bicyclic) bond motifs is 1. The molecule has 2 aromatic heterocycles. The minimum absolute atomic E-state index is 0.0363. The zero-order chi connectivity index (χ0) is 21.6. The molecule has 8 heteroatoms. The van der Waals surface area contributed by atoms with E-state index in [2.05, 4.69) is 33.5 Å². The largest absolute Gasteiger partial charge is 0.285 e. The molecule has 1 saturated heterocycles. The molecule has 4 aromatic rings.